The first-order chi connectivity index (χ1) is 10.1. The molecule has 2 heterocycles. The number of pyridine rings is 1. The predicted octanol–water partition coefficient (Wildman–Crippen LogP) is 3.78. The van der Waals surface area contributed by atoms with Crippen molar-refractivity contribution in [2.45, 2.75) is 40.2 Å². The van der Waals surface area contributed by atoms with Gasteiger partial charge in [0.2, 0.25) is 0 Å². The molecule has 0 fully saturated rings. The van der Waals surface area contributed by atoms with Gasteiger partial charge in [-0.25, -0.2) is 9.97 Å². The fraction of sp³-hybridized carbons (Fsp3) is 0.412. The van der Waals surface area contributed by atoms with Gasteiger partial charge in [0, 0.05) is 18.4 Å². The number of rotatable bonds is 4. The molecule has 110 valence electrons. The van der Waals surface area contributed by atoms with E-state index in [4.69, 9.17) is 10.7 Å². The van der Waals surface area contributed by atoms with Crippen molar-refractivity contribution in [3.8, 4) is 0 Å². The third-order valence-corrected chi connectivity index (χ3v) is 3.94. The highest BCUT2D eigenvalue weighted by Gasteiger charge is 2.16. The van der Waals surface area contributed by atoms with Crippen LogP contribution in [0.3, 0.4) is 0 Å². The summed E-state index contributed by atoms with van der Waals surface area (Å²) in [5, 5.41) is 1.14. The van der Waals surface area contributed by atoms with Crippen molar-refractivity contribution in [2.24, 2.45) is 5.92 Å². The number of nitrogens with two attached hydrogens (primary N) is 1. The van der Waals surface area contributed by atoms with E-state index in [9.17, 15) is 0 Å². The maximum absolute atomic E-state index is 6.13. The summed E-state index contributed by atoms with van der Waals surface area (Å²) in [6.07, 6.45) is 2.04. The largest absolute Gasteiger partial charge is 0.382 e. The zero-order valence-corrected chi connectivity index (χ0v) is 12.9. The third-order valence-electron chi connectivity index (χ3n) is 3.94. The summed E-state index contributed by atoms with van der Waals surface area (Å²) in [7, 11) is 0. The molecular weight excluding hydrogens is 260 g/mol. The minimum absolute atomic E-state index is 0.529. The molecule has 0 saturated heterocycles. The molecule has 0 amide bonds. The lowest BCUT2D eigenvalue weighted by atomic mass is 10.1. The first kappa shape index (κ1) is 13.9. The Balaban J connectivity index is 2.32. The van der Waals surface area contributed by atoms with Crippen LogP contribution in [-0.4, -0.2) is 14.5 Å². The number of fused-ring (bicyclic) bond motifs is 3. The van der Waals surface area contributed by atoms with Crippen molar-refractivity contribution in [3.05, 3.63) is 30.1 Å². The van der Waals surface area contributed by atoms with Crippen LogP contribution in [-0.2, 0) is 13.0 Å². The Bertz CT molecular complexity index is 786. The molecule has 2 aromatic heterocycles. The van der Waals surface area contributed by atoms with Crippen LogP contribution in [0.1, 0.15) is 33.0 Å². The van der Waals surface area contributed by atoms with Crippen LogP contribution in [0.2, 0.25) is 0 Å². The van der Waals surface area contributed by atoms with Crippen LogP contribution in [0, 0.1) is 5.92 Å². The smallest absolute Gasteiger partial charge is 0.152 e. The van der Waals surface area contributed by atoms with Crippen molar-refractivity contribution in [2.75, 3.05) is 5.73 Å². The average molecular weight is 282 g/mol. The van der Waals surface area contributed by atoms with E-state index in [-0.39, 0.29) is 0 Å². The number of imidazole rings is 1. The summed E-state index contributed by atoms with van der Waals surface area (Å²) in [5.41, 5.74) is 9.05. The van der Waals surface area contributed by atoms with Crippen molar-refractivity contribution in [1.29, 1.82) is 0 Å². The van der Waals surface area contributed by atoms with E-state index in [2.05, 4.69) is 36.4 Å². The van der Waals surface area contributed by atoms with Gasteiger partial charge >= 0.3 is 0 Å². The molecule has 0 saturated carbocycles. The van der Waals surface area contributed by atoms with Crippen molar-refractivity contribution in [3.63, 3.8) is 0 Å². The lowest BCUT2D eigenvalue weighted by Crippen LogP contribution is -2.06. The molecule has 0 aliphatic rings. The van der Waals surface area contributed by atoms with Crippen molar-refractivity contribution >= 4 is 27.8 Å². The van der Waals surface area contributed by atoms with E-state index >= 15 is 0 Å². The summed E-state index contributed by atoms with van der Waals surface area (Å²) in [4.78, 5) is 9.22. The molecule has 21 heavy (non-hydrogen) atoms. The molecule has 4 heteroatoms. The molecule has 3 aromatic rings. The number of aromatic nitrogens is 3. The van der Waals surface area contributed by atoms with Crippen molar-refractivity contribution in [1.82, 2.24) is 14.5 Å². The topological polar surface area (TPSA) is 56.7 Å². The van der Waals surface area contributed by atoms with Gasteiger partial charge in [-0.3, -0.25) is 0 Å². The van der Waals surface area contributed by atoms with Crippen LogP contribution in [0.4, 0.5) is 5.82 Å². The Morgan fingerprint density at radius 3 is 2.67 bits per heavy atom. The number of nitrogens with zero attached hydrogens (tertiary/aromatic N) is 3. The first-order valence-electron chi connectivity index (χ1n) is 7.65. The summed E-state index contributed by atoms with van der Waals surface area (Å²) in [5.74, 6) is 2.29. The summed E-state index contributed by atoms with van der Waals surface area (Å²) in [6.45, 7) is 7.61. The van der Waals surface area contributed by atoms with E-state index in [0.717, 1.165) is 47.1 Å². The quantitative estimate of drug-likeness (QED) is 0.792. The highest BCUT2D eigenvalue weighted by molar-refractivity contribution is 6.06. The number of para-hydroxylation sites is 1. The Morgan fingerprint density at radius 2 is 1.95 bits per heavy atom. The van der Waals surface area contributed by atoms with Gasteiger partial charge in [-0.1, -0.05) is 39.0 Å². The van der Waals surface area contributed by atoms with E-state index in [0.29, 0.717) is 11.7 Å². The Labute approximate surface area is 125 Å². The van der Waals surface area contributed by atoms with Crippen LogP contribution >= 0.6 is 0 Å². The lowest BCUT2D eigenvalue weighted by Gasteiger charge is -2.11. The van der Waals surface area contributed by atoms with Gasteiger partial charge in [0.05, 0.1) is 11.0 Å². The van der Waals surface area contributed by atoms with Crippen molar-refractivity contribution < 1.29 is 0 Å². The summed E-state index contributed by atoms with van der Waals surface area (Å²) in [6, 6.07) is 8.16. The Hall–Kier alpha value is -2.10. The van der Waals surface area contributed by atoms with Gasteiger partial charge in [-0.15, -0.1) is 0 Å². The first-order valence-corrected chi connectivity index (χ1v) is 7.65. The predicted molar refractivity (Wildman–Crippen MR) is 88.3 cm³/mol. The van der Waals surface area contributed by atoms with Gasteiger partial charge in [-0.05, 0) is 18.4 Å². The minimum atomic E-state index is 0.529. The maximum Gasteiger partial charge on any atom is 0.152 e. The van der Waals surface area contributed by atoms with E-state index < -0.39 is 0 Å². The monoisotopic (exact) mass is 282 g/mol. The van der Waals surface area contributed by atoms with Gasteiger partial charge < -0.3 is 10.3 Å². The van der Waals surface area contributed by atoms with E-state index in [1.54, 1.807) is 0 Å². The molecule has 0 unspecified atom stereocenters. The van der Waals surface area contributed by atoms with Crippen LogP contribution in [0.5, 0.6) is 0 Å². The fourth-order valence-corrected chi connectivity index (χ4v) is 2.80. The molecule has 0 spiro atoms. The van der Waals surface area contributed by atoms with Gasteiger partial charge in [0.25, 0.3) is 0 Å². The number of aryl methyl sites for hydroxylation is 2. The number of anilines is 1. The second-order valence-electron chi connectivity index (χ2n) is 5.93. The molecule has 0 atom stereocenters. The highest BCUT2D eigenvalue weighted by atomic mass is 15.1. The molecule has 0 bridgehead atoms. The maximum atomic E-state index is 6.13. The molecule has 3 rings (SSSR count). The number of nitrogen functional groups attached to an aromatic ring is 1. The van der Waals surface area contributed by atoms with Gasteiger partial charge in [0.15, 0.2) is 5.82 Å². The molecule has 0 aliphatic heterocycles. The lowest BCUT2D eigenvalue weighted by molar-refractivity contribution is 0.514. The third kappa shape index (κ3) is 2.35. The highest BCUT2D eigenvalue weighted by Crippen LogP contribution is 2.29. The molecule has 4 nitrogen and oxygen atoms in total. The minimum Gasteiger partial charge on any atom is -0.382 e. The summed E-state index contributed by atoms with van der Waals surface area (Å²) >= 11 is 0. The van der Waals surface area contributed by atoms with Gasteiger partial charge in [0.1, 0.15) is 11.3 Å². The normalized spacial score (nSPS) is 11.8. The Kier molecular flexibility index (Phi) is 3.53. The number of hydrogen-bond donors (Lipinski definition) is 1. The average Bonchev–Trinajstić information content (AvgIpc) is 2.84. The molecule has 1 aromatic carbocycles. The van der Waals surface area contributed by atoms with E-state index in [1.165, 1.54) is 0 Å². The van der Waals surface area contributed by atoms with Crippen LogP contribution in [0.15, 0.2) is 24.3 Å². The number of hydrogen-bond acceptors (Lipinski definition) is 3. The Morgan fingerprint density at radius 1 is 1.19 bits per heavy atom. The fourth-order valence-electron chi connectivity index (χ4n) is 2.80. The van der Waals surface area contributed by atoms with Crippen LogP contribution in [0.25, 0.3) is 21.9 Å². The van der Waals surface area contributed by atoms with E-state index in [1.807, 2.05) is 18.2 Å². The molecule has 0 radical (unpaired) electrons. The second-order valence-corrected chi connectivity index (χ2v) is 5.93. The zero-order valence-electron chi connectivity index (χ0n) is 12.9. The van der Waals surface area contributed by atoms with Crippen LogP contribution < -0.4 is 5.73 Å². The molecule has 2 N–H and O–H groups in total. The number of benzene rings is 1. The zero-order chi connectivity index (χ0) is 15.0. The second kappa shape index (κ2) is 5.35. The SMILES string of the molecule is CCc1nc2c(N)nc3ccccc3c2n1CCC(C)C. The molecular formula is C17H22N4. The molecule has 0 aliphatic carbocycles. The summed E-state index contributed by atoms with van der Waals surface area (Å²) < 4.78 is 2.33. The van der Waals surface area contributed by atoms with Gasteiger partial charge in [-0.2, -0.15) is 0 Å². The standard InChI is InChI=1S/C17H22N4/c1-4-14-20-15-16(21(14)10-9-11(2)3)12-7-5-6-8-13(12)19-17(15)18/h5-8,11H,4,9-10H2,1-3H3,(H2,18,19).